The van der Waals surface area contributed by atoms with Crippen LogP contribution in [-0.4, -0.2) is 5.78 Å². The van der Waals surface area contributed by atoms with Crippen molar-refractivity contribution in [2.45, 2.75) is 78.1 Å². The summed E-state index contributed by atoms with van der Waals surface area (Å²) in [6.07, 6.45) is 13.1. The number of rotatable bonds is 3. The maximum absolute atomic E-state index is 12.7. The van der Waals surface area contributed by atoms with Crippen molar-refractivity contribution in [1.29, 1.82) is 0 Å². The molecule has 108 valence electrons. The van der Waals surface area contributed by atoms with E-state index in [2.05, 4.69) is 13.8 Å². The van der Waals surface area contributed by atoms with Crippen LogP contribution in [0.25, 0.3) is 0 Å². The molecule has 0 aromatic rings. The summed E-state index contributed by atoms with van der Waals surface area (Å²) in [5.41, 5.74) is 0.0373. The standard InChI is InChI=1S/C18H30O/c1-3-13-4-5-14-6-7-15(10-13)12-18(2,11-14)17(19)16-8-9-16/h13-16H,3-12H2,1-2H3. The minimum Gasteiger partial charge on any atom is -0.299 e. The van der Waals surface area contributed by atoms with Crippen LogP contribution in [0.2, 0.25) is 0 Å². The van der Waals surface area contributed by atoms with E-state index in [1.807, 2.05) is 0 Å². The molecule has 0 aliphatic heterocycles. The lowest BCUT2D eigenvalue weighted by Gasteiger charge is -2.31. The van der Waals surface area contributed by atoms with Gasteiger partial charge in [-0.3, -0.25) is 4.79 Å². The van der Waals surface area contributed by atoms with Crippen LogP contribution in [0.5, 0.6) is 0 Å². The predicted octanol–water partition coefficient (Wildman–Crippen LogP) is 4.99. The minimum atomic E-state index is 0.0373. The molecular formula is C18H30O. The van der Waals surface area contributed by atoms with E-state index in [9.17, 15) is 4.79 Å². The van der Waals surface area contributed by atoms with Gasteiger partial charge in [0.05, 0.1) is 0 Å². The molecule has 2 bridgehead atoms. The predicted molar refractivity (Wildman–Crippen MR) is 78.9 cm³/mol. The second-order valence-corrected chi connectivity index (χ2v) is 8.00. The quantitative estimate of drug-likeness (QED) is 0.700. The van der Waals surface area contributed by atoms with Crippen molar-refractivity contribution < 1.29 is 4.79 Å². The first-order valence-corrected chi connectivity index (χ1v) is 8.65. The van der Waals surface area contributed by atoms with Crippen LogP contribution >= 0.6 is 0 Å². The molecule has 3 saturated carbocycles. The van der Waals surface area contributed by atoms with E-state index in [1.165, 1.54) is 64.2 Å². The van der Waals surface area contributed by atoms with Gasteiger partial charge in [-0.05, 0) is 49.9 Å². The summed E-state index contributed by atoms with van der Waals surface area (Å²) in [5.74, 6) is 3.70. The largest absolute Gasteiger partial charge is 0.299 e. The zero-order chi connectivity index (χ0) is 13.5. The second-order valence-electron chi connectivity index (χ2n) is 8.00. The molecule has 19 heavy (non-hydrogen) atoms. The molecule has 1 heteroatoms. The fourth-order valence-electron chi connectivity index (χ4n) is 4.95. The van der Waals surface area contributed by atoms with Crippen molar-refractivity contribution in [3.63, 3.8) is 0 Å². The molecule has 0 aromatic heterocycles. The molecule has 4 unspecified atom stereocenters. The fourth-order valence-corrected chi connectivity index (χ4v) is 4.95. The number of ketones is 1. The van der Waals surface area contributed by atoms with Gasteiger partial charge in [-0.2, -0.15) is 0 Å². The van der Waals surface area contributed by atoms with Crippen molar-refractivity contribution in [3.05, 3.63) is 0 Å². The highest BCUT2D eigenvalue weighted by Gasteiger charge is 2.46. The van der Waals surface area contributed by atoms with Gasteiger partial charge in [0.15, 0.2) is 0 Å². The van der Waals surface area contributed by atoms with E-state index in [4.69, 9.17) is 0 Å². The lowest BCUT2D eigenvalue weighted by atomic mass is 9.72. The summed E-state index contributed by atoms with van der Waals surface area (Å²) >= 11 is 0. The number of hydrogen-bond acceptors (Lipinski definition) is 1. The third kappa shape index (κ3) is 2.90. The second kappa shape index (κ2) is 5.22. The monoisotopic (exact) mass is 262 g/mol. The SMILES string of the molecule is CCC1CCC2CCC(C1)CC(C)(C(=O)C1CC1)C2. The van der Waals surface area contributed by atoms with Crippen molar-refractivity contribution >= 4 is 5.78 Å². The molecule has 0 heterocycles. The Morgan fingerprint density at radius 3 is 2.32 bits per heavy atom. The van der Waals surface area contributed by atoms with Crippen LogP contribution in [0, 0.1) is 29.1 Å². The normalized spacial score (nSPS) is 43.4. The molecule has 0 saturated heterocycles. The molecule has 3 fully saturated rings. The Morgan fingerprint density at radius 1 is 1.00 bits per heavy atom. The van der Waals surface area contributed by atoms with Crippen LogP contribution in [-0.2, 0) is 4.79 Å². The molecule has 0 radical (unpaired) electrons. The Labute approximate surface area is 118 Å². The topological polar surface area (TPSA) is 17.1 Å². The third-order valence-corrected chi connectivity index (χ3v) is 6.23. The first-order chi connectivity index (χ1) is 9.10. The summed E-state index contributed by atoms with van der Waals surface area (Å²) in [6, 6.07) is 0. The molecule has 4 atom stereocenters. The fraction of sp³-hybridized carbons (Fsp3) is 0.944. The molecule has 0 N–H and O–H groups in total. The van der Waals surface area contributed by atoms with Crippen molar-refractivity contribution in [2.24, 2.45) is 29.1 Å². The minimum absolute atomic E-state index is 0.0373. The van der Waals surface area contributed by atoms with E-state index in [0.29, 0.717) is 11.7 Å². The van der Waals surface area contributed by atoms with Crippen LogP contribution in [0.1, 0.15) is 78.1 Å². The number of Topliss-reactive ketones (excluding diaryl/α,β-unsaturated/α-hetero) is 1. The highest BCUT2D eigenvalue weighted by molar-refractivity contribution is 5.88. The lowest BCUT2D eigenvalue weighted by molar-refractivity contribution is -0.130. The Bertz CT molecular complexity index is 344. The maximum Gasteiger partial charge on any atom is 0.141 e. The zero-order valence-corrected chi connectivity index (χ0v) is 12.8. The molecule has 0 aromatic carbocycles. The Hall–Kier alpha value is -0.330. The van der Waals surface area contributed by atoms with E-state index in [1.54, 1.807) is 0 Å². The summed E-state index contributed by atoms with van der Waals surface area (Å²) < 4.78 is 0. The highest BCUT2D eigenvalue weighted by atomic mass is 16.1. The zero-order valence-electron chi connectivity index (χ0n) is 12.8. The molecule has 0 spiro atoms. The number of carbonyl (C=O) groups excluding carboxylic acids is 1. The van der Waals surface area contributed by atoms with Gasteiger partial charge >= 0.3 is 0 Å². The summed E-state index contributed by atoms with van der Waals surface area (Å²) in [7, 11) is 0. The highest BCUT2D eigenvalue weighted by Crippen LogP contribution is 2.50. The number of fused-ring (bicyclic) bond motifs is 3. The summed E-state index contributed by atoms with van der Waals surface area (Å²) in [4.78, 5) is 12.7. The van der Waals surface area contributed by atoms with Crippen molar-refractivity contribution in [3.8, 4) is 0 Å². The van der Waals surface area contributed by atoms with Crippen molar-refractivity contribution in [1.82, 2.24) is 0 Å². The molecule has 3 aliphatic carbocycles. The van der Waals surface area contributed by atoms with Crippen LogP contribution in [0.3, 0.4) is 0 Å². The van der Waals surface area contributed by atoms with Gasteiger partial charge in [0.1, 0.15) is 5.78 Å². The first-order valence-electron chi connectivity index (χ1n) is 8.65. The average Bonchev–Trinajstić information content (AvgIpc) is 3.19. The smallest absolute Gasteiger partial charge is 0.141 e. The number of hydrogen-bond donors (Lipinski definition) is 0. The van der Waals surface area contributed by atoms with E-state index in [0.717, 1.165) is 17.8 Å². The first kappa shape index (κ1) is 13.6. The molecule has 1 nitrogen and oxygen atoms in total. The third-order valence-electron chi connectivity index (χ3n) is 6.23. The van der Waals surface area contributed by atoms with Crippen LogP contribution in [0.4, 0.5) is 0 Å². The van der Waals surface area contributed by atoms with Gasteiger partial charge in [-0.15, -0.1) is 0 Å². The van der Waals surface area contributed by atoms with Gasteiger partial charge in [0, 0.05) is 11.3 Å². The van der Waals surface area contributed by atoms with Gasteiger partial charge < -0.3 is 0 Å². The lowest BCUT2D eigenvalue weighted by Crippen LogP contribution is -2.32. The van der Waals surface area contributed by atoms with Gasteiger partial charge in [-0.1, -0.05) is 46.0 Å². The Morgan fingerprint density at radius 2 is 1.63 bits per heavy atom. The Balaban J connectivity index is 1.79. The van der Waals surface area contributed by atoms with E-state index in [-0.39, 0.29) is 5.41 Å². The van der Waals surface area contributed by atoms with E-state index >= 15 is 0 Å². The van der Waals surface area contributed by atoms with Crippen LogP contribution < -0.4 is 0 Å². The van der Waals surface area contributed by atoms with Crippen LogP contribution in [0.15, 0.2) is 0 Å². The average molecular weight is 262 g/mol. The number of carbonyl (C=O) groups is 1. The van der Waals surface area contributed by atoms with Gasteiger partial charge in [-0.25, -0.2) is 0 Å². The van der Waals surface area contributed by atoms with E-state index < -0.39 is 0 Å². The molecule has 3 aliphatic rings. The molecular weight excluding hydrogens is 232 g/mol. The summed E-state index contributed by atoms with van der Waals surface area (Å²) in [6.45, 7) is 4.66. The van der Waals surface area contributed by atoms with Gasteiger partial charge in [0.25, 0.3) is 0 Å². The van der Waals surface area contributed by atoms with Crippen molar-refractivity contribution in [2.75, 3.05) is 0 Å². The molecule has 0 amide bonds. The van der Waals surface area contributed by atoms with Gasteiger partial charge in [0.2, 0.25) is 0 Å². The molecule has 3 rings (SSSR count). The summed E-state index contributed by atoms with van der Waals surface area (Å²) in [5, 5.41) is 0. The maximum atomic E-state index is 12.7. The Kier molecular flexibility index (Phi) is 3.75.